The van der Waals surface area contributed by atoms with Crippen molar-refractivity contribution in [3.63, 3.8) is 0 Å². The van der Waals surface area contributed by atoms with Crippen LogP contribution in [-0.4, -0.2) is 57.3 Å². The first kappa shape index (κ1) is 47.0. The highest BCUT2D eigenvalue weighted by Crippen LogP contribution is 2.16. The van der Waals surface area contributed by atoms with Crippen LogP contribution in [0.3, 0.4) is 0 Å². The lowest BCUT2D eigenvalue weighted by atomic mass is 9.99. The van der Waals surface area contributed by atoms with Gasteiger partial charge in [0.05, 0.1) is 18.8 Å². The van der Waals surface area contributed by atoms with Gasteiger partial charge in [0.15, 0.2) is 0 Å². The molecule has 0 spiro atoms. The maximum Gasteiger partial charge on any atom is 0.249 e. The number of unbranched alkanes of at least 4 members (excludes halogenated alkanes) is 27. The van der Waals surface area contributed by atoms with E-state index in [2.05, 4.69) is 31.3 Å². The second-order valence-electron chi connectivity index (χ2n) is 14.7. The summed E-state index contributed by atoms with van der Waals surface area (Å²) in [5, 5.41) is 43.4. The molecule has 0 bridgehead atoms. The number of allylic oxidation sites excluding steroid dienone is 2. The highest BCUT2D eigenvalue weighted by Gasteiger charge is 2.28. The Morgan fingerprint density at radius 1 is 0.500 bits per heavy atom. The second kappa shape index (κ2) is 37.3. The minimum Gasteiger partial charge on any atom is -0.394 e. The van der Waals surface area contributed by atoms with E-state index in [1.54, 1.807) is 0 Å². The van der Waals surface area contributed by atoms with E-state index in [0.29, 0.717) is 12.8 Å². The molecule has 0 aliphatic carbocycles. The molecule has 0 aromatic carbocycles. The van der Waals surface area contributed by atoms with E-state index in [1.807, 2.05) is 0 Å². The van der Waals surface area contributed by atoms with Gasteiger partial charge < -0.3 is 25.7 Å². The summed E-state index contributed by atoms with van der Waals surface area (Å²) in [6.45, 7) is 4.02. The van der Waals surface area contributed by atoms with Gasteiger partial charge in [-0.25, -0.2) is 0 Å². The molecule has 0 rings (SSSR count). The van der Waals surface area contributed by atoms with Crippen molar-refractivity contribution in [3.05, 3.63) is 12.2 Å². The highest BCUT2D eigenvalue weighted by molar-refractivity contribution is 5.80. The number of aliphatic hydroxyl groups excluding tert-OH is 4. The van der Waals surface area contributed by atoms with E-state index >= 15 is 0 Å². The van der Waals surface area contributed by atoms with Crippen LogP contribution in [0.15, 0.2) is 12.2 Å². The molecule has 6 heteroatoms. The van der Waals surface area contributed by atoms with Crippen LogP contribution in [-0.2, 0) is 4.79 Å². The van der Waals surface area contributed by atoms with E-state index < -0.39 is 36.9 Å². The first-order valence-corrected chi connectivity index (χ1v) is 21.1. The molecule has 0 radical (unpaired) electrons. The first-order chi connectivity index (χ1) is 23.5. The Morgan fingerprint density at radius 2 is 0.833 bits per heavy atom. The highest BCUT2D eigenvalue weighted by atomic mass is 16.3. The fourth-order valence-electron chi connectivity index (χ4n) is 6.57. The number of aliphatic hydroxyl groups is 4. The van der Waals surface area contributed by atoms with Gasteiger partial charge in [-0.15, -0.1) is 0 Å². The Morgan fingerprint density at radius 3 is 1.21 bits per heavy atom. The van der Waals surface area contributed by atoms with Crippen LogP contribution in [0.1, 0.15) is 219 Å². The lowest BCUT2D eigenvalue weighted by molar-refractivity contribution is -0.132. The van der Waals surface area contributed by atoms with Gasteiger partial charge >= 0.3 is 0 Å². The number of carbonyl (C=O) groups excluding carboxylic acids is 1. The van der Waals surface area contributed by atoms with Gasteiger partial charge in [-0.3, -0.25) is 4.79 Å². The summed E-state index contributed by atoms with van der Waals surface area (Å²) in [6, 6.07) is -0.982. The molecular formula is C42H83NO5. The van der Waals surface area contributed by atoms with Crippen LogP contribution in [0.4, 0.5) is 0 Å². The van der Waals surface area contributed by atoms with E-state index in [9.17, 15) is 25.2 Å². The molecule has 0 aliphatic rings. The van der Waals surface area contributed by atoms with E-state index in [0.717, 1.165) is 38.5 Å². The second-order valence-corrected chi connectivity index (χ2v) is 14.7. The van der Waals surface area contributed by atoms with Crippen molar-refractivity contribution in [1.82, 2.24) is 5.32 Å². The topological polar surface area (TPSA) is 110 Å². The van der Waals surface area contributed by atoms with Gasteiger partial charge in [-0.2, -0.15) is 0 Å². The average Bonchev–Trinajstić information content (AvgIpc) is 3.09. The monoisotopic (exact) mass is 682 g/mol. The number of amides is 1. The third kappa shape index (κ3) is 31.1. The summed E-state index contributed by atoms with van der Waals surface area (Å²) in [5.74, 6) is -0.588. The predicted octanol–water partition coefficient (Wildman–Crippen LogP) is 10.6. The van der Waals surface area contributed by atoms with Crippen molar-refractivity contribution >= 4 is 5.91 Å². The Kier molecular flexibility index (Phi) is 36.6. The lowest BCUT2D eigenvalue weighted by Crippen LogP contribution is -2.53. The molecule has 286 valence electrons. The molecule has 0 saturated heterocycles. The quantitative estimate of drug-likeness (QED) is 0.0329. The minimum absolute atomic E-state index is 0.366. The van der Waals surface area contributed by atoms with Crippen LogP contribution >= 0.6 is 0 Å². The van der Waals surface area contributed by atoms with Crippen molar-refractivity contribution in [3.8, 4) is 0 Å². The summed E-state index contributed by atoms with van der Waals surface area (Å²) >= 11 is 0. The third-order valence-corrected chi connectivity index (χ3v) is 9.98. The molecule has 4 atom stereocenters. The van der Waals surface area contributed by atoms with Crippen molar-refractivity contribution < 1.29 is 25.2 Å². The molecule has 48 heavy (non-hydrogen) atoms. The van der Waals surface area contributed by atoms with Crippen molar-refractivity contribution in [2.24, 2.45) is 0 Å². The zero-order chi connectivity index (χ0) is 35.3. The average molecular weight is 682 g/mol. The van der Waals surface area contributed by atoms with Crippen molar-refractivity contribution in [1.29, 1.82) is 0 Å². The minimum atomic E-state index is -1.25. The molecule has 0 heterocycles. The fraction of sp³-hybridized carbons (Fsp3) is 0.929. The largest absolute Gasteiger partial charge is 0.394 e. The Balaban J connectivity index is 3.67. The fourth-order valence-corrected chi connectivity index (χ4v) is 6.57. The van der Waals surface area contributed by atoms with Gasteiger partial charge in [0.1, 0.15) is 12.2 Å². The smallest absolute Gasteiger partial charge is 0.249 e. The number of nitrogens with one attached hydrogen (secondary N) is 1. The summed E-state index contributed by atoms with van der Waals surface area (Å²) in [6.07, 6.45) is 39.7. The van der Waals surface area contributed by atoms with Crippen LogP contribution in [0.5, 0.6) is 0 Å². The molecule has 1 amide bonds. The maximum atomic E-state index is 12.5. The number of rotatable bonds is 38. The van der Waals surface area contributed by atoms with E-state index in [-0.39, 0.29) is 0 Å². The number of hydrogen-bond donors (Lipinski definition) is 5. The normalized spacial score (nSPS) is 14.4. The van der Waals surface area contributed by atoms with Gasteiger partial charge in [0.25, 0.3) is 0 Å². The lowest BCUT2D eigenvalue weighted by Gasteiger charge is -2.27. The number of carbonyl (C=O) groups is 1. The Bertz CT molecular complexity index is 687. The van der Waals surface area contributed by atoms with Gasteiger partial charge in [0, 0.05) is 0 Å². The summed E-state index contributed by atoms with van der Waals surface area (Å²) in [4.78, 5) is 12.5. The standard InChI is InChI=1S/C42H83NO5/c1-3-5-7-9-11-13-14-15-16-17-18-19-20-21-22-23-24-25-26-28-30-32-34-36-40(46)42(48)43-38(37-44)41(47)39(45)35-33-31-29-27-12-10-8-6-4-2/h21-22,38-41,44-47H,3-20,23-37H2,1-2H3,(H,43,48)/b22-21-. The van der Waals surface area contributed by atoms with Crippen LogP contribution in [0.25, 0.3) is 0 Å². The zero-order valence-corrected chi connectivity index (χ0v) is 32.0. The zero-order valence-electron chi connectivity index (χ0n) is 32.0. The van der Waals surface area contributed by atoms with Crippen molar-refractivity contribution in [2.45, 2.75) is 244 Å². The van der Waals surface area contributed by atoms with Crippen LogP contribution < -0.4 is 5.32 Å². The molecule has 0 fully saturated rings. The van der Waals surface area contributed by atoms with Gasteiger partial charge in [0.2, 0.25) is 5.91 Å². The van der Waals surface area contributed by atoms with Gasteiger partial charge in [-0.05, 0) is 38.5 Å². The molecule has 0 aliphatic heterocycles. The van der Waals surface area contributed by atoms with Gasteiger partial charge in [-0.1, -0.05) is 193 Å². The SMILES string of the molecule is CCCCCCCCCCCCCC/C=C\CCCCCCCCCC(O)C(=O)NC(CO)C(O)C(O)CCCCCCCCCCC. The predicted molar refractivity (Wildman–Crippen MR) is 205 cm³/mol. The summed E-state index contributed by atoms with van der Waals surface area (Å²) in [7, 11) is 0. The number of hydrogen-bond acceptors (Lipinski definition) is 5. The Hall–Kier alpha value is -0.950. The third-order valence-electron chi connectivity index (χ3n) is 9.98. The molecule has 0 aromatic heterocycles. The Labute approximate surface area is 298 Å². The molecule has 4 unspecified atom stereocenters. The summed E-state index contributed by atoms with van der Waals surface area (Å²) in [5.41, 5.74) is 0. The van der Waals surface area contributed by atoms with E-state index in [4.69, 9.17) is 0 Å². The van der Waals surface area contributed by atoms with E-state index in [1.165, 1.54) is 154 Å². The molecule has 0 aromatic rings. The van der Waals surface area contributed by atoms with Crippen LogP contribution in [0.2, 0.25) is 0 Å². The maximum absolute atomic E-state index is 12.5. The molecule has 0 saturated carbocycles. The van der Waals surface area contributed by atoms with Crippen molar-refractivity contribution in [2.75, 3.05) is 6.61 Å². The van der Waals surface area contributed by atoms with Crippen LogP contribution in [0, 0.1) is 0 Å². The molecule has 6 nitrogen and oxygen atoms in total. The first-order valence-electron chi connectivity index (χ1n) is 21.1. The molecular weight excluding hydrogens is 598 g/mol. The summed E-state index contributed by atoms with van der Waals surface area (Å²) < 4.78 is 0. The molecule has 5 N–H and O–H groups in total.